The number of aromatic nitrogens is 2. The summed E-state index contributed by atoms with van der Waals surface area (Å²) in [5.41, 5.74) is -0.771. The van der Waals surface area contributed by atoms with Crippen LogP contribution >= 0.6 is 0 Å². The maximum Gasteiger partial charge on any atom is 0.330 e. The van der Waals surface area contributed by atoms with E-state index in [0.717, 1.165) is 4.57 Å². The topological polar surface area (TPSA) is 114 Å². The second-order valence-electron chi connectivity index (χ2n) is 3.85. The summed E-state index contributed by atoms with van der Waals surface area (Å²) >= 11 is 0. The lowest BCUT2D eigenvalue weighted by molar-refractivity contribution is -0.357. The van der Waals surface area contributed by atoms with E-state index in [2.05, 4.69) is 9.87 Å². The van der Waals surface area contributed by atoms with Gasteiger partial charge >= 0.3 is 5.69 Å². The number of aromatic amines is 1. The number of hydrogen-bond donors (Lipinski definition) is 3. The molecule has 0 aromatic carbocycles. The summed E-state index contributed by atoms with van der Waals surface area (Å²) in [7, 11) is 0. The van der Waals surface area contributed by atoms with Crippen LogP contribution in [-0.2, 0) is 9.62 Å². The number of aliphatic hydroxyl groups excluding tert-OH is 1. The van der Waals surface area contributed by atoms with Crippen LogP contribution in [0, 0.1) is 6.92 Å². The quantitative estimate of drug-likeness (QED) is 0.451. The summed E-state index contributed by atoms with van der Waals surface area (Å²) in [5, 5.41) is 17.9. The van der Waals surface area contributed by atoms with Gasteiger partial charge in [0.05, 0.1) is 0 Å². The highest BCUT2D eigenvalue weighted by Gasteiger charge is 2.36. The summed E-state index contributed by atoms with van der Waals surface area (Å²) in [4.78, 5) is 28.7. The molecule has 94 valence electrons. The van der Waals surface area contributed by atoms with Crippen LogP contribution < -0.4 is 11.2 Å². The molecule has 8 heteroatoms. The van der Waals surface area contributed by atoms with Gasteiger partial charge < -0.3 is 9.84 Å². The SMILES string of the molecule is Cc1cn([C@H]2C[C@H](O)[C@@H](OO)O2)c(=O)[nH]c1=O. The highest BCUT2D eigenvalue weighted by molar-refractivity contribution is 5.01. The van der Waals surface area contributed by atoms with Crippen LogP contribution in [0.25, 0.3) is 0 Å². The molecule has 0 aliphatic carbocycles. The minimum Gasteiger partial charge on any atom is -0.388 e. The molecule has 2 heterocycles. The number of aryl methyl sites for hydroxylation is 1. The minimum absolute atomic E-state index is 0.0800. The summed E-state index contributed by atoms with van der Waals surface area (Å²) in [5.74, 6) is 0. The zero-order valence-corrected chi connectivity index (χ0v) is 8.99. The first-order chi connectivity index (χ1) is 8.02. The molecule has 2 rings (SSSR count). The van der Waals surface area contributed by atoms with Crippen molar-refractivity contribution in [2.75, 3.05) is 0 Å². The van der Waals surface area contributed by atoms with Crippen molar-refractivity contribution >= 4 is 0 Å². The molecule has 0 bridgehead atoms. The number of ether oxygens (including phenoxy) is 1. The largest absolute Gasteiger partial charge is 0.388 e. The van der Waals surface area contributed by atoms with Crippen molar-refractivity contribution in [3.05, 3.63) is 32.6 Å². The molecule has 1 saturated heterocycles. The number of aliphatic hydroxyl groups is 1. The fraction of sp³-hybridized carbons (Fsp3) is 0.556. The Labute approximate surface area is 95.0 Å². The highest BCUT2D eigenvalue weighted by Crippen LogP contribution is 2.27. The molecule has 0 saturated carbocycles. The van der Waals surface area contributed by atoms with E-state index >= 15 is 0 Å². The molecule has 1 fully saturated rings. The van der Waals surface area contributed by atoms with Gasteiger partial charge in [0.1, 0.15) is 12.3 Å². The molecule has 1 aliphatic rings. The van der Waals surface area contributed by atoms with Gasteiger partial charge in [-0.2, -0.15) is 0 Å². The number of H-pyrrole nitrogens is 1. The van der Waals surface area contributed by atoms with Crippen LogP contribution in [0.2, 0.25) is 0 Å². The average Bonchev–Trinajstić information content (AvgIpc) is 2.65. The first-order valence-corrected chi connectivity index (χ1v) is 4.98. The molecule has 3 N–H and O–H groups in total. The first kappa shape index (κ1) is 12.0. The molecule has 0 radical (unpaired) electrons. The van der Waals surface area contributed by atoms with E-state index < -0.39 is 29.9 Å². The third-order valence-corrected chi connectivity index (χ3v) is 2.61. The molecule has 17 heavy (non-hydrogen) atoms. The lowest BCUT2D eigenvalue weighted by Crippen LogP contribution is -2.33. The van der Waals surface area contributed by atoms with Crippen molar-refractivity contribution in [3.8, 4) is 0 Å². The van der Waals surface area contributed by atoms with E-state index in [9.17, 15) is 14.7 Å². The van der Waals surface area contributed by atoms with Crippen molar-refractivity contribution in [3.63, 3.8) is 0 Å². The van der Waals surface area contributed by atoms with Gasteiger partial charge in [-0.05, 0) is 6.92 Å². The predicted octanol–water partition coefficient (Wildman–Crippen LogP) is -1.06. The molecule has 0 amide bonds. The van der Waals surface area contributed by atoms with Gasteiger partial charge in [0, 0.05) is 18.2 Å². The van der Waals surface area contributed by atoms with Gasteiger partial charge in [0.25, 0.3) is 5.56 Å². The number of hydrogen-bond acceptors (Lipinski definition) is 6. The van der Waals surface area contributed by atoms with E-state index in [4.69, 9.17) is 9.99 Å². The molecule has 0 unspecified atom stereocenters. The Morgan fingerprint density at radius 1 is 1.59 bits per heavy atom. The molecule has 1 aromatic rings. The van der Waals surface area contributed by atoms with Crippen molar-refractivity contribution in [1.82, 2.24) is 9.55 Å². The Morgan fingerprint density at radius 3 is 2.88 bits per heavy atom. The molecule has 1 aliphatic heterocycles. The van der Waals surface area contributed by atoms with E-state index in [1.54, 1.807) is 6.92 Å². The van der Waals surface area contributed by atoms with Crippen LogP contribution in [0.15, 0.2) is 15.8 Å². The highest BCUT2D eigenvalue weighted by atomic mass is 17.1. The van der Waals surface area contributed by atoms with E-state index in [-0.39, 0.29) is 6.42 Å². The Bertz CT molecular complexity index is 521. The van der Waals surface area contributed by atoms with Crippen molar-refractivity contribution < 1.29 is 20.0 Å². The summed E-state index contributed by atoms with van der Waals surface area (Å²) in [6.45, 7) is 1.54. The number of nitrogens with one attached hydrogen (secondary N) is 1. The third kappa shape index (κ3) is 2.15. The van der Waals surface area contributed by atoms with Crippen LogP contribution in [0.1, 0.15) is 18.2 Å². The van der Waals surface area contributed by atoms with Gasteiger partial charge in [-0.1, -0.05) is 0 Å². The number of rotatable bonds is 2. The van der Waals surface area contributed by atoms with Crippen molar-refractivity contribution in [2.45, 2.75) is 32.0 Å². The Kier molecular flexibility index (Phi) is 3.11. The standard InChI is InChI=1S/C9H12N2O6/c1-4-3-11(9(14)10-7(4)13)6-2-5(12)8(16-6)17-15/h3,5-6,8,12,15H,2H2,1H3,(H,10,13,14)/t5-,6+,8+/m0/s1. The number of nitrogens with zero attached hydrogens (tertiary/aromatic N) is 1. The zero-order valence-electron chi connectivity index (χ0n) is 8.99. The van der Waals surface area contributed by atoms with E-state index in [0.29, 0.717) is 5.56 Å². The second-order valence-corrected chi connectivity index (χ2v) is 3.85. The predicted molar refractivity (Wildman–Crippen MR) is 54.3 cm³/mol. The minimum atomic E-state index is -1.20. The van der Waals surface area contributed by atoms with Gasteiger partial charge in [0.2, 0.25) is 6.29 Å². The van der Waals surface area contributed by atoms with Crippen molar-refractivity contribution in [2.24, 2.45) is 0 Å². The van der Waals surface area contributed by atoms with Gasteiger partial charge in [-0.3, -0.25) is 14.3 Å². The van der Waals surface area contributed by atoms with Crippen molar-refractivity contribution in [1.29, 1.82) is 0 Å². The Morgan fingerprint density at radius 2 is 2.29 bits per heavy atom. The van der Waals surface area contributed by atoms with Crippen LogP contribution in [0.5, 0.6) is 0 Å². The van der Waals surface area contributed by atoms with E-state index in [1.165, 1.54) is 6.20 Å². The molecule has 8 nitrogen and oxygen atoms in total. The molecule has 0 spiro atoms. The molecule has 1 aromatic heterocycles. The smallest absolute Gasteiger partial charge is 0.330 e. The van der Waals surface area contributed by atoms with Crippen LogP contribution in [0.4, 0.5) is 0 Å². The van der Waals surface area contributed by atoms with Crippen LogP contribution in [-0.4, -0.2) is 32.3 Å². The van der Waals surface area contributed by atoms with Crippen LogP contribution in [0.3, 0.4) is 0 Å². The second kappa shape index (κ2) is 4.41. The lowest BCUT2D eigenvalue weighted by Gasteiger charge is -2.13. The fourth-order valence-corrected chi connectivity index (χ4v) is 1.69. The summed E-state index contributed by atoms with van der Waals surface area (Å²) in [6, 6.07) is 0. The fourth-order valence-electron chi connectivity index (χ4n) is 1.69. The zero-order chi connectivity index (χ0) is 12.6. The normalized spacial score (nSPS) is 28.5. The average molecular weight is 244 g/mol. The summed E-state index contributed by atoms with van der Waals surface area (Å²) in [6.07, 6.45) is -1.61. The third-order valence-electron chi connectivity index (χ3n) is 2.61. The Hall–Kier alpha value is -1.48. The molecular formula is C9H12N2O6. The molecular weight excluding hydrogens is 232 g/mol. The van der Waals surface area contributed by atoms with Gasteiger partial charge in [0.15, 0.2) is 0 Å². The van der Waals surface area contributed by atoms with Gasteiger partial charge in [-0.25, -0.2) is 14.9 Å². The monoisotopic (exact) mass is 244 g/mol. The van der Waals surface area contributed by atoms with E-state index in [1.807, 2.05) is 0 Å². The Balaban J connectivity index is 2.34. The van der Waals surface area contributed by atoms with Gasteiger partial charge in [-0.15, -0.1) is 0 Å². The maximum absolute atomic E-state index is 11.5. The summed E-state index contributed by atoms with van der Waals surface area (Å²) < 4.78 is 6.24. The first-order valence-electron chi connectivity index (χ1n) is 4.98. The maximum atomic E-state index is 11.5. The molecule has 3 atom stereocenters. The lowest BCUT2D eigenvalue weighted by atomic mass is 10.2.